The van der Waals surface area contributed by atoms with E-state index in [1.807, 2.05) is 0 Å². The van der Waals surface area contributed by atoms with E-state index in [2.05, 4.69) is 14.9 Å². The van der Waals surface area contributed by atoms with E-state index in [9.17, 15) is 4.79 Å². The van der Waals surface area contributed by atoms with Gasteiger partial charge in [0.25, 0.3) is 0 Å². The van der Waals surface area contributed by atoms with Gasteiger partial charge in [0, 0.05) is 12.5 Å². The summed E-state index contributed by atoms with van der Waals surface area (Å²) < 4.78 is 9.55. The lowest BCUT2D eigenvalue weighted by Gasteiger charge is -2.02. The first-order valence-electron chi connectivity index (χ1n) is 4.70. The van der Waals surface area contributed by atoms with Gasteiger partial charge in [-0.1, -0.05) is 23.4 Å². The smallest absolute Gasteiger partial charge is 0.338 e. The highest BCUT2D eigenvalue weighted by atomic mass is 16.5. The topological polar surface area (TPSA) is 65.2 Å². The van der Waals surface area contributed by atoms with Gasteiger partial charge in [-0.05, 0) is 6.07 Å². The Hall–Kier alpha value is -2.17. The Bertz CT molecular complexity index is 519. The highest BCUT2D eigenvalue weighted by molar-refractivity contribution is 5.96. The van der Waals surface area contributed by atoms with E-state index in [4.69, 9.17) is 4.52 Å². The maximum absolute atomic E-state index is 11.5. The molecule has 0 bridgehead atoms. The van der Waals surface area contributed by atoms with E-state index in [1.54, 1.807) is 31.2 Å². The Balaban J connectivity index is 2.52. The number of carbonyl (C=O) groups excluding carboxylic acids is 1. The minimum atomic E-state index is -0.418. The van der Waals surface area contributed by atoms with Gasteiger partial charge in [-0.2, -0.15) is 4.98 Å². The van der Waals surface area contributed by atoms with Gasteiger partial charge in [0.05, 0.1) is 12.7 Å². The molecular weight excluding hydrogens is 208 g/mol. The summed E-state index contributed by atoms with van der Waals surface area (Å²) in [6.45, 7) is 1.69. The molecule has 82 valence electrons. The summed E-state index contributed by atoms with van der Waals surface area (Å²) in [5.74, 6) is 0.422. The van der Waals surface area contributed by atoms with Crippen molar-refractivity contribution >= 4 is 5.97 Å². The lowest BCUT2D eigenvalue weighted by atomic mass is 10.1. The normalized spacial score (nSPS) is 10.1. The maximum Gasteiger partial charge on any atom is 0.338 e. The molecule has 1 heterocycles. The summed E-state index contributed by atoms with van der Waals surface area (Å²) in [6, 6.07) is 6.96. The van der Waals surface area contributed by atoms with Crippen LogP contribution in [0.1, 0.15) is 16.2 Å². The Labute approximate surface area is 92.0 Å². The number of esters is 1. The number of rotatable bonds is 2. The number of aromatic nitrogens is 2. The molecule has 0 radical (unpaired) electrons. The average molecular weight is 218 g/mol. The van der Waals surface area contributed by atoms with E-state index in [-0.39, 0.29) is 0 Å². The van der Waals surface area contributed by atoms with Gasteiger partial charge in [-0.25, -0.2) is 4.79 Å². The first-order chi connectivity index (χ1) is 7.72. The fraction of sp³-hybridized carbons (Fsp3) is 0.182. The zero-order valence-corrected chi connectivity index (χ0v) is 8.93. The van der Waals surface area contributed by atoms with Crippen molar-refractivity contribution in [3.8, 4) is 11.4 Å². The van der Waals surface area contributed by atoms with Crippen molar-refractivity contribution < 1.29 is 14.1 Å². The summed E-state index contributed by atoms with van der Waals surface area (Å²) in [5, 5.41) is 3.77. The van der Waals surface area contributed by atoms with Gasteiger partial charge in [-0.3, -0.25) is 0 Å². The van der Waals surface area contributed by atoms with Crippen molar-refractivity contribution in [2.45, 2.75) is 6.92 Å². The summed E-state index contributed by atoms with van der Waals surface area (Å²) in [5.41, 5.74) is 1.03. The number of ether oxygens (including phenoxy) is 1. The van der Waals surface area contributed by atoms with Gasteiger partial charge < -0.3 is 9.26 Å². The largest absolute Gasteiger partial charge is 0.465 e. The molecule has 16 heavy (non-hydrogen) atoms. The van der Waals surface area contributed by atoms with Crippen LogP contribution in [0.3, 0.4) is 0 Å². The van der Waals surface area contributed by atoms with Crippen LogP contribution in [-0.4, -0.2) is 23.2 Å². The second-order valence-corrected chi connectivity index (χ2v) is 3.17. The van der Waals surface area contributed by atoms with Crippen molar-refractivity contribution in [3.63, 3.8) is 0 Å². The number of carbonyl (C=O) groups is 1. The zero-order chi connectivity index (χ0) is 11.5. The number of hydrogen-bond acceptors (Lipinski definition) is 5. The van der Waals surface area contributed by atoms with Crippen LogP contribution in [0.5, 0.6) is 0 Å². The minimum absolute atomic E-state index is 0.388. The molecule has 0 unspecified atom stereocenters. The molecule has 5 heteroatoms. The van der Waals surface area contributed by atoms with Crippen LogP contribution in [0.15, 0.2) is 28.8 Å². The summed E-state index contributed by atoms with van der Waals surface area (Å²) >= 11 is 0. The van der Waals surface area contributed by atoms with E-state index in [1.165, 1.54) is 7.11 Å². The van der Waals surface area contributed by atoms with E-state index in [0.29, 0.717) is 22.8 Å². The van der Waals surface area contributed by atoms with Crippen LogP contribution < -0.4 is 0 Å². The molecule has 0 aliphatic heterocycles. The van der Waals surface area contributed by atoms with Gasteiger partial charge in [0.15, 0.2) is 0 Å². The molecule has 2 aromatic rings. The molecule has 0 spiro atoms. The quantitative estimate of drug-likeness (QED) is 0.719. The van der Waals surface area contributed by atoms with Gasteiger partial charge >= 0.3 is 5.97 Å². The third-order valence-corrected chi connectivity index (χ3v) is 2.10. The average Bonchev–Trinajstić information content (AvgIpc) is 2.75. The van der Waals surface area contributed by atoms with Gasteiger partial charge in [0.2, 0.25) is 11.7 Å². The molecule has 0 saturated carbocycles. The van der Waals surface area contributed by atoms with Crippen molar-refractivity contribution in [3.05, 3.63) is 35.7 Å². The van der Waals surface area contributed by atoms with Crippen LogP contribution >= 0.6 is 0 Å². The van der Waals surface area contributed by atoms with E-state index >= 15 is 0 Å². The number of hydrogen-bond donors (Lipinski definition) is 0. The highest BCUT2D eigenvalue weighted by Gasteiger charge is 2.15. The Kier molecular flexibility index (Phi) is 2.68. The fourth-order valence-corrected chi connectivity index (χ4v) is 1.37. The molecule has 0 aliphatic rings. The van der Waals surface area contributed by atoms with Gasteiger partial charge in [-0.15, -0.1) is 0 Å². The SMILES string of the molecule is COC(=O)c1ccccc1-c1noc(C)n1. The van der Waals surface area contributed by atoms with Crippen LogP contribution in [-0.2, 0) is 4.74 Å². The van der Waals surface area contributed by atoms with Crippen LogP contribution in [0.4, 0.5) is 0 Å². The molecular formula is C11H10N2O3. The third-order valence-electron chi connectivity index (χ3n) is 2.10. The Morgan fingerprint density at radius 1 is 1.38 bits per heavy atom. The molecule has 0 N–H and O–H groups in total. The Morgan fingerprint density at radius 3 is 2.75 bits per heavy atom. The molecule has 0 amide bonds. The molecule has 1 aromatic carbocycles. The Morgan fingerprint density at radius 2 is 2.12 bits per heavy atom. The fourth-order valence-electron chi connectivity index (χ4n) is 1.37. The lowest BCUT2D eigenvalue weighted by molar-refractivity contribution is 0.0601. The standard InChI is InChI=1S/C11H10N2O3/c1-7-12-10(13-16-7)8-5-3-4-6-9(8)11(14)15-2/h3-6H,1-2H3. The third kappa shape index (κ3) is 1.79. The van der Waals surface area contributed by atoms with Crippen molar-refractivity contribution in [2.24, 2.45) is 0 Å². The summed E-state index contributed by atoms with van der Waals surface area (Å²) in [6.07, 6.45) is 0. The van der Waals surface area contributed by atoms with Gasteiger partial charge in [0.1, 0.15) is 0 Å². The summed E-state index contributed by atoms with van der Waals surface area (Å²) in [4.78, 5) is 15.6. The predicted molar refractivity (Wildman–Crippen MR) is 55.8 cm³/mol. The van der Waals surface area contributed by atoms with Crippen LogP contribution in [0.25, 0.3) is 11.4 Å². The number of methoxy groups -OCH3 is 1. The lowest BCUT2D eigenvalue weighted by Crippen LogP contribution is -2.03. The van der Waals surface area contributed by atoms with Crippen molar-refractivity contribution in [1.82, 2.24) is 10.1 Å². The second-order valence-electron chi connectivity index (χ2n) is 3.17. The number of nitrogens with zero attached hydrogens (tertiary/aromatic N) is 2. The predicted octanol–water partition coefficient (Wildman–Crippen LogP) is 1.83. The van der Waals surface area contributed by atoms with Crippen molar-refractivity contribution in [1.29, 1.82) is 0 Å². The monoisotopic (exact) mass is 218 g/mol. The molecule has 2 rings (SSSR count). The zero-order valence-electron chi connectivity index (χ0n) is 8.93. The first kappa shape index (κ1) is 10.4. The highest BCUT2D eigenvalue weighted by Crippen LogP contribution is 2.21. The van der Waals surface area contributed by atoms with Crippen molar-refractivity contribution in [2.75, 3.05) is 7.11 Å². The summed E-state index contributed by atoms with van der Waals surface area (Å²) in [7, 11) is 1.33. The van der Waals surface area contributed by atoms with Crippen LogP contribution in [0.2, 0.25) is 0 Å². The first-order valence-corrected chi connectivity index (χ1v) is 4.70. The molecule has 0 aliphatic carbocycles. The molecule has 5 nitrogen and oxygen atoms in total. The molecule has 0 saturated heterocycles. The molecule has 0 fully saturated rings. The minimum Gasteiger partial charge on any atom is -0.465 e. The number of benzene rings is 1. The molecule has 1 aromatic heterocycles. The maximum atomic E-state index is 11.5. The number of aryl methyl sites for hydroxylation is 1. The molecule has 0 atom stereocenters. The van der Waals surface area contributed by atoms with E-state index in [0.717, 1.165) is 0 Å². The second kappa shape index (κ2) is 4.14. The van der Waals surface area contributed by atoms with Crippen LogP contribution in [0, 0.1) is 6.92 Å². The van der Waals surface area contributed by atoms with E-state index < -0.39 is 5.97 Å².